The monoisotopic (exact) mass is 287 g/mol. The van der Waals surface area contributed by atoms with Crippen LogP contribution in [0.3, 0.4) is 0 Å². The van der Waals surface area contributed by atoms with Gasteiger partial charge in [0, 0.05) is 32.0 Å². The van der Waals surface area contributed by atoms with Gasteiger partial charge in [-0.25, -0.2) is 0 Å². The van der Waals surface area contributed by atoms with Crippen LogP contribution in [-0.4, -0.2) is 9.13 Å². The number of benzene rings is 1. The number of nitrogens with two attached hydrogens (primary N) is 1. The summed E-state index contributed by atoms with van der Waals surface area (Å²) in [6, 6.07) is 7.73. The van der Waals surface area contributed by atoms with E-state index < -0.39 is 11.1 Å². The third-order valence-electron chi connectivity index (χ3n) is 3.66. The molecule has 112 valence electrons. The zero-order chi connectivity index (χ0) is 15.6. The average Bonchev–Trinajstić information content (AvgIpc) is 2.48. The van der Waals surface area contributed by atoms with Crippen molar-refractivity contribution in [2.75, 3.05) is 0 Å². The van der Waals surface area contributed by atoms with Gasteiger partial charge < -0.3 is 14.9 Å². The second kappa shape index (κ2) is 6.10. The van der Waals surface area contributed by atoms with Gasteiger partial charge in [0.1, 0.15) is 0 Å². The molecule has 0 fully saturated rings. The molecule has 1 aromatic carbocycles. The molecule has 0 aliphatic rings. The molecule has 0 aliphatic carbocycles. The van der Waals surface area contributed by atoms with E-state index in [-0.39, 0.29) is 12.6 Å². The Morgan fingerprint density at radius 1 is 1.00 bits per heavy atom. The molecule has 0 aliphatic heterocycles. The first-order chi connectivity index (χ1) is 9.90. The maximum Gasteiger partial charge on any atom is 0.316 e. The Morgan fingerprint density at radius 3 is 2.14 bits per heavy atom. The summed E-state index contributed by atoms with van der Waals surface area (Å²) >= 11 is 0. The molecule has 5 nitrogen and oxygen atoms in total. The van der Waals surface area contributed by atoms with Crippen molar-refractivity contribution in [1.82, 2.24) is 9.13 Å². The Bertz CT molecular complexity index is 726. The first-order valence-electron chi connectivity index (χ1n) is 7.01. The largest absolute Gasteiger partial charge is 0.322 e. The van der Waals surface area contributed by atoms with E-state index in [0.717, 1.165) is 5.56 Å². The second-order valence-corrected chi connectivity index (χ2v) is 5.60. The first-order valence-corrected chi connectivity index (χ1v) is 7.01. The molecule has 1 unspecified atom stereocenters. The Kier molecular flexibility index (Phi) is 4.43. The molecule has 0 radical (unpaired) electrons. The third-order valence-corrected chi connectivity index (χ3v) is 3.66. The lowest BCUT2D eigenvalue weighted by Gasteiger charge is -2.15. The molecule has 2 aromatic rings. The molecule has 0 amide bonds. The van der Waals surface area contributed by atoms with E-state index in [9.17, 15) is 9.59 Å². The van der Waals surface area contributed by atoms with Gasteiger partial charge in [0.25, 0.3) is 0 Å². The van der Waals surface area contributed by atoms with Crippen molar-refractivity contribution in [1.29, 1.82) is 0 Å². The van der Waals surface area contributed by atoms with Crippen LogP contribution in [0.2, 0.25) is 0 Å². The van der Waals surface area contributed by atoms with Crippen LogP contribution in [0.15, 0.2) is 46.2 Å². The molecule has 0 saturated carbocycles. The average molecular weight is 287 g/mol. The van der Waals surface area contributed by atoms with Crippen LogP contribution in [0.5, 0.6) is 0 Å². The number of hydrogen-bond donors (Lipinski definition) is 1. The van der Waals surface area contributed by atoms with E-state index >= 15 is 0 Å². The van der Waals surface area contributed by atoms with Crippen LogP contribution in [0.4, 0.5) is 0 Å². The Hall–Kier alpha value is -2.14. The van der Waals surface area contributed by atoms with Crippen molar-refractivity contribution in [2.45, 2.75) is 32.4 Å². The first kappa shape index (κ1) is 15.3. The van der Waals surface area contributed by atoms with Crippen molar-refractivity contribution in [2.24, 2.45) is 12.8 Å². The lowest BCUT2D eigenvalue weighted by molar-refractivity contribution is 0.547. The molecular weight excluding hydrogens is 266 g/mol. The van der Waals surface area contributed by atoms with Crippen LogP contribution < -0.4 is 16.9 Å². The molecule has 5 heteroatoms. The van der Waals surface area contributed by atoms with Gasteiger partial charge in [-0.3, -0.25) is 9.59 Å². The summed E-state index contributed by atoms with van der Waals surface area (Å²) in [5.74, 6) is 0.468. The summed E-state index contributed by atoms with van der Waals surface area (Å²) in [5.41, 5.74) is 7.25. The van der Waals surface area contributed by atoms with Crippen LogP contribution >= 0.6 is 0 Å². The maximum absolute atomic E-state index is 11.9. The van der Waals surface area contributed by atoms with Gasteiger partial charge in [-0.15, -0.1) is 0 Å². The van der Waals surface area contributed by atoms with E-state index in [1.807, 2.05) is 24.3 Å². The third kappa shape index (κ3) is 3.31. The highest BCUT2D eigenvalue weighted by atomic mass is 16.2. The number of hydrogen-bond acceptors (Lipinski definition) is 3. The van der Waals surface area contributed by atoms with Crippen molar-refractivity contribution in [3.05, 3.63) is 68.5 Å². The van der Waals surface area contributed by atoms with E-state index in [1.165, 1.54) is 14.7 Å². The molecule has 21 heavy (non-hydrogen) atoms. The van der Waals surface area contributed by atoms with Crippen LogP contribution in [0, 0.1) is 0 Å². The lowest BCUT2D eigenvalue weighted by Crippen LogP contribution is -2.40. The predicted octanol–water partition coefficient (Wildman–Crippen LogP) is 1.37. The standard InChI is InChI=1S/C16H21N3O2/c1-11(2)12-4-6-13(7-5-12)14(17)10-19-9-8-18(3)15(20)16(19)21/h4-9,11,14H,10,17H2,1-3H3. The van der Waals surface area contributed by atoms with Gasteiger partial charge in [-0.05, 0) is 17.0 Å². The van der Waals surface area contributed by atoms with Gasteiger partial charge in [-0.1, -0.05) is 38.1 Å². The molecule has 2 rings (SSSR count). The SMILES string of the molecule is CC(C)c1ccc(C(N)Cn2ccn(C)c(=O)c2=O)cc1. The van der Waals surface area contributed by atoms with Crippen LogP contribution in [-0.2, 0) is 13.6 Å². The van der Waals surface area contributed by atoms with E-state index in [1.54, 1.807) is 19.4 Å². The summed E-state index contributed by atoms with van der Waals surface area (Å²) in [5, 5.41) is 0. The highest BCUT2D eigenvalue weighted by Crippen LogP contribution is 2.18. The maximum atomic E-state index is 11.9. The minimum absolute atomic E-state index is 0.288. The van der Waals surface area contributed by atoms with Crippen molar-refractivity contribution in [3.8, 4) is 0 Å². The number of aromatic nitrogens is 2. The molecule has 0 saturated heterocycles. The summed E-state index contributed by atoms with van der Waals surface area (Å²) in [4.78, 5) is 23.5. The Labute approximate surface area is 123 Å². The Morgan fingerprint density at radius 2 is 1.57 bits per heavy atom. The van der Waals surface area contributed by atoms with E-state index in [4.69, 9.17) is 5.73 Å². The fourth-order valence-electron chi connectivity index (χ4n) is 2.18. The normalized spacial score (nSPS) is 12.6. The minimum Gasteiger partial charge on any atom is -0.322 e. The Balaban J connectivity index is 2.22. The van der Waals surface area contributed by atoms with Gasteiger partial charge >= 0.3 is 11.1 Å². The van der Waals surface area contributed by atoms with Crippen LogP contribution in [0.1, 0.15) is 36.9 Å². The van der Waals surface area contributed by atoms with Gasteiger partial charge in [0.15, 0.2) is 0 Å². The molecule has 1 atom stereocenters. The van der Waals surface area contributed by atoms with Crippen molar-refractivity contribution in [3.63, 3.8) is 0 Å². The molecule has 1 aromatic heterocycles. The quantitative estimate of drug-likeness (QED) is 0.863. The summed E-state index contributed by atoms with van der Waals surface area (Å²) in [6.07, 6.45) is 3.16. The van der Waals surface area contributed by atoms with Gasteiger partial charge in [-0.2, -0.15) is 0 Å². The molecule has 0 spiro atoms. The highest BCUT2D eigenvalue weighted by Gasteiger charge is 2.10. The topological polar surface area (TPSA) is 70.0 Å². The summed E-state index contributed by atoms with van der Waals surface area (Å²) in [7, 11) is 1.55. The summed E-state index contributed by atoms with van der Waals surface area (Å²) < 4.78 is 2.63. The molecule has 0 bridgehead atoms. The second-order valence-electron chi connectivity index (χ2n) is 5.60. The van der Waals surface area contributed by atoms with Gasteiger partial charge in [0.2, 0.25) is 0 Å². The molecule has 2 N–H and O–H groups in total. The summed E-state index contributed by atoms with van der Waals surface area (Å²) in [6.45, 7) is 4.55. The van der Waals surface area contributed by atoms with Crippen LogP contribution in [0.25, 0.3) is 0 Å². The van der Waals surface area contributed by atoms with E-state index in [2.05, 4.69) is 13.8 Å². The zero-order valence-electron chi connectivity index (χ0n) is 12.6. The number of aryl methyl sites for hydroxylation is 1. The number of rotatable bonds is 4. The van der Waals surface area contributed by atoms with Crippen molar-refractivity contribution >= 4 is 0 Å². The van der Waals surface area contributed by atoms with E-state index in [0.29, 0.717) is 5.92 Å². The number of nitrogens with zero attached hydrogens (tertiary/aromatic N) is 2. The zero-order valence-corrected chi connectivity index (χ0v) is 12.6. The fraction of sp³-hybridized carbons (Fsp3) is 0.375. The predicted molar refractivity (Wildman–Crippen MR) is 83.4 cm³/mol. The highest BCUT2D eigenvalue weighted by molar-refractivity contribution is 5.26. The van der Waals surface area contributed by atoms with Crippen molar-refractivity contribution < 1.29 is 0 Å². The smallest absolute Gasteiger partial charge is 0.316 e. The van der Waals surface area contributed by atoms with Gasteiger partial charge in [0.05, 0.1) is 0 Å². The molecule has 1 heterocycles. The molecular formula is C16H21N3O2. The fourth-order valence-corrected chi connectivity index (χ4v) is 2.18. The minimum atomic E-state index is -0.547. The lowest BCUT2D eigenvalue weighted by atomic mass is 9.99.